The highest BCUT2D eigenvalue weighted by molar-refractivity contribution is 5.76. The molecular weight excluding hydrogens is 204 g/mol. The fraction of sp³-hybridized carbons (Fsp3) is 0.529. The lowest BCUT2D eigenvalue weighted by atomic mass is 10.00. The van der Waals surface area contributed by atoms with Crippen molar-refractivity contribution >= 4 is 5.57 Å². The molecule has 2 aliphatic rings. The Balaban J connectivity index is 1.61. The zero-order valence-corrected chi connectivity index (χ0v) is 10.8. The van der Waals surface area contributed by atoms with E-state index in [2.05, 4.69) is 37.3 Å². The number of benzene rings is 1. The van der Waals surface area contributed by atoms with Crippen LogP contribution in [0.15, 0.2) is 30.3 Å². The zero-order valence-electron chi connectivity index (χ0n) is 10.8. The molecule has 0 bridgehead atoms. The van der Waals surface area contributed by atoms with Crippen LogP contribution in [0.25, 0.3) is 5.57 Å². The van der Waals surface area contributed by atoms with Gasteiger partial charge >= 0.3 is 0 Å². The molecule has 17 heavy (non-hydrogen) atoms. The van der Waals surface area contributed by atoms with Crippen molar-refractivity contribution in [3.63, 3.8) is 0 Å². The molecule has 0 amide bonds. The first kappa shape index (κ1) is 11.1. The van der Waals surface area contributed by atoms with E-state index >= 15 is 0 Å². The van der Waals surface area contributed by atoms with Crippen LogP contribution in [0.4, 0.5) is 0 Å². The maximum Gasteiger partial charge on any atom is -0.00853 e. The Kier molecular flexibility index (Phi) is 3.05. The van der Waals surface area contributed by atoms with Crippen molar-refractivity contribution < 1.29 is 0 Å². The van der Waals surface area contributed by atoms with E-state index in [1.165, 1.54) is 38.5 Å². The van der Waals surface area contributed by atoms with E-state index in [0.29, 0.717) is 0 Å². The van der Waals surface area contributed by atoms with Gasteiger partial charge in [0.25, 0.3) is 0 Å². The molecule has 2 aliphatic carbocycles. The van der Waals surface area contributed by atoms with E-state index in [1.807, 2.05) is 0 Å². The van der Waals surface area contributed by atoms with Crippen LogP contribution in [-0.2, 0) is 6.42 Å². The van der Waals surface area contributed by atoms with E-state index in [1.54, 1.807) is 16.7 Å². The molecule has 1 fully saturated rings. The third kappa shape index (κ3) is 2.18. The summed E-state index contributed by atoms with van der Waals surface area (Å²) in [4.78, 5) is 0. The molecule has 0 nitrogen and oxygen atoms in total. The van der Waals surface area contributed by atoms with Gasteiger partial charge in [-0.05, 0) is 47.8 Å². The second-order valence-corrected chi connectivity index (χ2v) is 5.62. The lowest BCUT2D eigenvalue weighted by Crippen LogP contribution is -1.89. The van der Waals surface area contributed by atoms with Gasteiger partial charge in [0, 0.05) is 0 Å². The van der Waals surface area contributed by atoms with Gasteiger partial charge in [0.2, 0.25) is 0 Å². The van der Waals surface area contributed by atoms with Crippen LogP contribution in [0.2, 0.25) is 0 Å². The molecular formula is C17H22. The molecule has 0 radical (unpaired) electrons. The minimum absolute atomic E-state index is 0.899. The molecule has 90 valence electrons. The molecule has 0 aromatic heterocycles. The summed E-state index contributed by atoms with van der Waals surface area (Å²) >= 11 is 0. The third-order valence-electron chi connectivity index (χ3n) is 4.37. The lowest BCUT2D eigenvalue weighted by Gasteiger charge is -2.05. The second kappa shape index (κ2) is 4.68. The molecule has 3 rings (SSSR count). The fourth-order valence-electron chi connectivity index (χ4n) is 3.26. The summed E-state index contributed by atoms with van der Waals surface area (Å²) in [5, 5.41) is 0. The predicted molar refractivity (Wildman–Crippen MR) is 73.9 cm³/mol. The number of hydrogen-bond donors (Lipinski definition) is 0. The third-order valence-corrected chi connectivity index (χ3v) is 4.37. The summed E-state index contributed by atoms with van der Waals surface area (Å²) in [6.45, 7) is 2.29. The monoisotopic (exact) mass is 226 g/mol. The van der Waals surface area contributed by atoms with E-state index < -0.39 is 0 Å². The number of allylic oxidation sites excluding steroid dienone is 2. The molecule has 0 spiro atoms. The van der Waals surface area contributed by atoms with Gasteiger partial charge in [0.1, 0.15) is 0 Å². The van der Waals surface area contributed by atoms with Crippen LogP contribution >= 0.6 is 0 Å². The van der Waals surface area contributed by atoms with Crippen LogP contribution in [0.3, 0.4) is 0 Å². The highest BCUT2D eigenvalue weighted by Gasteiger charge is 2.40. The lowest BCUT2D eigenvalue weighted by molar-refractivity contribution is 0.607. The summed E-state index contributed by atoms with van der Waals surface area (Å²) in [7, 11) is 0. The number of fused-ring (bicyclic) bond motifs is 1. The number of hydrogen-bond acceptors (Lipinski definition) is 0. The molecule has 0 N–H and O–H groups in total. The predicted octanol–water partition coefficient (Wildman–Crippen LogP) is 4.84. The van der Waals surface area contributed by atoms with Crippen LogP contribution < -0.4 is 0 Å². The minimum Gasteiger partial charge on any atom is -0.0760 e. The largest absolute Gasteiger partial charge is 0.0760 e. The quantitative estimate of drug-likeness (QED) is 0.630. The van der Waals surface area contributed by atoms with Gasteiger partial charge in [0.15, 0.2) is 0 Å². The van der Waals surface area contributed by atoms with E-state index in [-0.39, 0.29) is 0 Å². The highest BCUT2D eigenvalue weighted by atomic mass is 14.4. The molecule has 0 aliphatic heterocycles. The van der Waals surface area contributed by atoms with Crippen molar-refractivity contribution in [3.05, 3.63) is 41.5 Å². The maximum absolute atomic E-state index is 2.48. The van der Waals surface area contributed by atoms with Crippen molar-refractivity contribution in [3.8, 4) is 0 Å². The van der Waals surface area contributed by atoms with Gasteiger partial charge in [-0.25, -0.2) is 0 Å². The standard InChI is InChI=1S/C17H22/c1-2-3-4-8-14-12-17(14)16-11-10-13-7-5-6-9-15(13)16/h5-7,9,11,14,17H,2-4,8,10,12H2,1H3/t14-,17-/m1/s1. The Hall–Kier alpha value is -1.04. The Bertz CT molecular complexity index is 427. The first-order chi connectivity index (χ1) is 8.40. The van der Waals surface area contributed by atoms with Crippen LogP contribution in [0, 0.1) is 11.8 Å². The van der Waals surface area contributed by atoms with Crippen molar-refractivity contribution in [2.24, 2.45) is 11.8 Å². The smallest absolute Gasteiger partial charge is 0.00853 e. The molecule has 0 heteroatoms. The van der Waals surface area contributed by atoms with Crippen LogP contribution in [0.1, 0.15) is 50.2 Å². The number of rotatable bonds is 5. The van der Waals surface area contributed by atoms with Crippen molar-refractivity contribution in [1.82, 2.24) is 0 Å². The Morgan fingerprint density at radius 1 is 1.18 bits per heavy atom. The minimum atomic E-state index is 0.899. The summed E-state index contributed by atoms with van der Waals surface area (Å²) in [6, 6.07) is 8.95. The Morgan fingerprint density at radius 3 is 2.94 bits per heavy atom. The van der Waals surface area contributed by atoms with E-state index in [4.69, 9.17) is 0 Å². The zero-order chi connectivity index (χ0) is 11.7. The summed E-state index contributed by atoms with van der Waals surface area (Å²) in [6.07, 6.45) is 10.8. The van der Waals surface area contributed by atoms with Crippen molar-refractivity contribution in [2.75, 3.05) is 0 Å². The first-order valence-electron chi connectivity index (χ1n) is 7.18. The SMILES string of the molecule is CCCCC[C@@H]1C[C@H]1C1=CCc2ccccc21. The van der Waals surface area contributed by atoms with Gasteiger partial charge in [-0.2, -0.15) is 0 Å². The summed E-state index contributed by atoms with van der Waals surface area (Å²) in [5.74, 6) is 1.90. The Labute approximate surface area is 105 Å². The molecule has 1 saturated carbocycles. The summed E-state index contributed by atoms with van der Waals surface area (Å²) < 4.78 is 0. The van der Waals surface area contributed by atoms with Gasteiger partial charge in [0.05, 0.1) is 0 Å². The topological polar surface area (TPSA) is 0 Å². The van der Waals surface area contributed by atoms with Crippen molar-refractivity contribution in [1.29, 1.82) is 0 Å². The van der Waals surface area contributed by atoms with Crippen LogP contribution in [-0.4, -0.2) is 0 Å². The molecule has 2 atom stereocenters. The van der Waals surface area contributed by atoms with Gasteiger partial charge in [-0.3, -0.25) is 0 Å². The van der Waals surface area contributed by atoms with Gasteiger partial charge < -0.3 is 0 Å². The molecule has 0 unspecified atom stereocenters. The molecule has 0 saturated heterocycles. The molecule has 1 aromatic rings. The highest BCUT2D eigenvalue weighted by Crippen LogP contribution is 2.52. The van der Waals surface area contributed by atoms with Crippen LogP contribution in [0.5, 0.6) is 0 Å². The Morgan fingerprint density at radius 2 is 2.06 bits per heavy atom. The average molecular weight is 226 g/mol. The molecule has 1 aromatic carbocycles. The van der Waals surface area contributed by atoms with E-state index in [9.17, 15) is 0 Å². The number of unbranched alkanes of at least 4 members (excludes halogenated alkanes) is 2. The normalized spacial score (nSPS) is 25.6. The fourth-order valence-corrected chi connectivity index (χ4v) is 3.26. The van der Waals surface area contributed by atoms with E-state index in [0.717, 1.165) is 11.8 Å². The average Bonchev–Trinajstić information content (AvgIpc) is 3.00. The second-order valence-electron chi connectivity index (χ2n) is 5.62. The van der Waals surface area contributed by atoms with Crippen molar-refractivity contribution in [2.45, 2.75) is 45.4 Å². The van der Waals surface area contributed by atoms with Gasteiger partial charge in [-0.1, -0.05) is 56.5 Å². The maximum atomic E-state index is 2.48. The van der Waals surface area contributed by atoms with Gasteiger partial charge in [-0.15, -0.1) is 0 Å². The first-order valence-corrected chi connectivity index (χ1v) is 7.18. The molecule has 0 heterocycles. The summed E-state index contributed by atoms with van der Waals surface area (Å²) in [5.41, 5.74) is 4.76.